The average Bonchev–Trinajstić information content (AvgIpc) is 1.48. The molecule has 2 aliphatic carbocycles. The van der Waals surface area contributed by atoms with Gasteiger partial charge in [0.2, 0.25) is 41.1 Å². The van der Waals surface area contributed by atoms with Crippen molar-refractivity contribution in [1.82, 2.24) is 57.0 Å². The second-order valence-electron chi connectivity index (χ2n) is 36.9. The summed E-state index contributed by atoms with van der Waals surface area (Å²) in [5, 5.41) is 88.2. The van der Waals surface area contributed by atoms with Crippen LogP contribution in [-0.4, -0.2) is 303 Å². The van der Waals surface area contributed by atoms with E-state index in [0.29, 0.717) is 99.0 Å². The number of carboxylic acids is 2. The number of H-pyrrole nitrogens is 1. The Bertz CT molecular complexity index is 5580. The van der Waals surface area contributed by atoms with Gasteiger partial charge in [-0.3, -0.25) is 67.9 Å². The third-order valence-electron chi connectivity index (χ3n) is 29.4. The summed E-state index contributed by atoms with van der Waals surface area (Å²) in [5.74, 6) is -13.6. The summed E-state index contributed by atoms with van der Waals surface area (Å²) in [7, 11) is 8.75. The molecule has 19 atom stereocenters. The number of para-hydroxylation sites is 1. The standard InChI is InChI=1S/C92H117N17O22S3/c1-10-87(126)37-49-38-90(84(124)129-8,74-54(41-106(40-49)45-87)53-17-12-13-18-58(53)99-74)56-33-55-62(35-64(56)128-7)105(6)81-89(55)25-29-107-28-15-24-88(11-2,80(89)107)82(122)91(81,127)83(123)104-103-48(5)50-19-21-52(22-20-50)109-67(112)36-65(78(109)119)132-44-61(79(120)121)102-77(118)51(32-63(110)59(34-68(113)114)101-76(117)46(3)16-14-26-97-85(93)94)39-98-66(111)23-30-133-134-31-27-96-70-47(4)72(115)71-69(73(70)116)57(43-131-86(95)125)92(130-9)75-60(100-75)42-108(71)92/h12-13,15,17-22,24,33,35,46,49,51,57,59-61,65,75,80-82,96,99-100,122,126-127H,10-11,14,16,23,25-32,34,36-45H2,1-9H3,(H2,95,125)(H,98,111)(H,101,117)(H,102,118)(H,104,123)(H,113,114)(H,120,121)(H4,93,94,97)/b103-48+/t46-,49+,51-,57+,59-,60-,61-,65?,75-,80-,81+,82+,87-,88+,89+,90-,91-,92+/m0/s1. The van der Waals surface area contributed by atoms with Crippen molar-refractivity contribution in [3.05, 3.63) is 123 Å². The lowest BCUT2D eigenvalue weighted by Crippen LogP contribution is -2.81. The van der Waals surface area contributed by atoms with E-state index in [2.05, 4.69) is 57.2 Å². The number of hydrogen-bond donors (Lipinski definition) is 16. The number of imide groups is 1. The van der Waals surface area contributed by atoms with Gasteiger partial charge in [0.1, 0.15) is 29.9 Å². The molecule has 18 N–H and O–H groups in total. The van der Waals surface area contributed by atoms with Crippen LogP contribution < -0.4 is 63.3 Å². The van der Waals surface area contributed by atoms with Gasteiger partial charge in [-0.1, -0.05) is 84.8 Å². The van der Waals surface area contributed by atoms with Gasteiger partial charge in [0.15, 0.2) is 23.1 Å². The number of benzene rings is 3. The number of hydrogen-bond acceptors (Lipinski definition) is 31. The number of thioether (sulfide) groups is 1. The number of carbonyl (C=O) groups is 13. The zero-order chi connectivity index (χ0) is 96.3. The Labute approximate surface area is 785 Å². The molecule has 6 fully saturated rings. The van der Waals surface area contributed by atoms with Crippen LogP contribution in [0.3, 0.4) is 0 Å². The minimum absolute atomic E-state index is 0.00180. The number of esters is 1. The molecule has 10 heterocycles. The van der Waals surface area contributed by atoms with E-state index in [0.717, 1.165) is 38.7 Å². The average molecular weight is 1910 g/mol. The monoisotopic (exact) mass is 1910 g/mol. The summed E-state index contributed by atoms with van der Waals surface area (Å²) < 4.78 is 23.7. The molecule has 1 saturated carbocycles. The van der Waals surface area contributed by atoms with Crippen molar-refractivity contribution in [2.75, 3.05) is 114 Å². The molecule has 1 aromatic heterocycles. The van der Waals surface area contributed by atoms with E-state index in [1.165, 1.54) is 62.0 Å². The van der Waals surface area contributed by atoms with Gasteiger partial charge in [-0.25, -0.2) is 19.9 Å². The Morgan fingerprint density at radius 2 is 1.60 bits per heavy atom. The van der Waals surface area contributed by atoms with Crippen molar-refractivity contribution in [1.29, 1.82) is 5.41 Å². The number of primary amides is 1. The predicted octanol–water partition coefficient (Wildman–Crippen LogP) is 1.99. The first-order valence-electron chi connectivity index (χ1n) is 45.2. The number of nitrogens with one attached hydrogen (secondary N) is 9. The number of carboxylic acid groups (broad SMARTS) is 2. The number of fused-ring (bicyclic) bond motifs is 10. The Hall–Kier alpha value is -11.0. The first-order valence-corrected chi connectivity index (χ1v) is 48.7. The second kappa shape index (κ2) is 38.7. The number of likely N-dealkylation sites (N-methyl/N-ethyl adjacent to an activating group) is 1. The van der Waals surface area contributed by atoms with Crippen LogP contribution in [0.4, 0.5) is 16.2 Å². The van der Waals surface area contributed by atoms with Crippen LogP contribution in [-0.2, 0) is 89.1 Å². The number of aliphatic hydroxyl groups excluding tert-OH is 1. The molecule has 0 radical (unpaired) electrons. The Kier molecular flexibility index (Phi) is 28.2. The molecule has 7 amide bonds. The lowest BCUT2D eigenvalue weighted by Gasteiger charge is -2.63. The number of allylic oxidation sites excluding steroid dienone is 2. The largest absolute Gasteiger partial charge is 0.496 e. The Morgan fingerprint density at radius 3 is 2.29 bits per heavy atom. The Balaban J connectivity index is 0.607. The van der Waals surface area contributed by atoms with E-state index in [-0.39, 0.29) is 115 Å². The number of methoxy groups -OCH3 is 3. The van der Waals surface area contributed by atoms with Gasteiger partial charge >= 0.3 is 24.0 Å². The van der Waals surface area contributed by atoms with E-state index < -0.39 is 189 Å². The molecular weight excluding hydrogens is 1790 g/mol. The number of amides is 7. The number of anilines is 2. The molecule has 720 valence electrons. The molecule has 2 unspecified atom stereocenters. The zero-order valence-electron chi connectivity index (χ0n) is 76.1. The fourth-order valence-electron chi connectivity index (χ4n) is 23.1. The number of guanidine groups is 1. The van der Waals surface area contributed by atoms with Crippen molar-refractivity contribution >= 4 is 144 Å². The van der Waals surface area contributed by atoms with Crippen molar-refractivity contribution in [2.24, 2.45) is 45.7 Å². The topological polar surface area (TPSA) is 574 Å². The number of aliphatic carboxylic acids is 2. The van der Waals surface area contributed by atoms with Gasteiger partial charge in [-0.05, 0) is 112 Å². The SMILES string of the molecule is CC[C@]1(O)C[C@H]2CN(Cc3c([nH]c4ccccc34)[C@@](C(=O)OC)(c3cc4c(cc3OC)N(C)[C@H]3[C@@](O)(C(=O)N/N=C(\C)c5ccc(N6C(=O)CC(SC[C@H](NC(=O)[C@H](CNC(=O)CCSSCCNC7=C(C)C(=O)C8=C(C7=O)[C@@H](COC(N)=O)[C@@]7(OC)[C@H]9N[C@H]9CN87)CC(=O)[C@H](CC(=O)O)NC(=O)[C@@H](C)CCCNC(=N)N)C(=O)O)C6=O)cc5)[C@H](O)[C@]5(CC)C=CCN6CC[C@]43[C@@H]65)C2)C1. The zero-order valence-corrected chi connectivity index (χ0v) is 78.5. The predicted molar refractivity (Wildman–Crippen MR) is 496 cm³/mol. The van der Waals surface area contributed by atoms with Gasteiger partial charge in [0.05, 0.1) is 84.2 Å². The number of aromatic nitrogens is 1. The summed E-state index contributed by atoms with van der Waals surface area (Å²) in [5.41, 5.74) is 10.1. The fourth-order valence-corrected chi connectivity index (χ4v) is 26.2. The van der Waals surface area contributed by atoms with Crippen molar-refractivity contribution < 1.29 is 107 Å². The molecular formula is C92H117N17O22S3. The van der Waals surface area contributed by atoms with Crippen molar-refractivity contribution in [3.8, 4) is 5.75 Å². The number of nitrogens with zero attached hydrogens (tertiary/aromatic N) is 6. The van der Waals surface area contributed by atoms with Crippen LogP contribution in [0.25, 0.3) is 10.9 Å². The first-order chi connectivity index (χ1) is 63.9. The molecule has 15 rings (SSSR count). The number of ketones is 3. The van der Waals surface area contributed by atoms with Gasteiger partial charge in [0.25, 0.3) is 5.91 Å². The number of carbonyl (C=O) groups excluding carboxylic acids is 11. The maximum absolute atomic E-state index is 15.7. The first kappa shape index (κ1) is 97.6. The highest BCUT2D eigenvalue weighted by Gasteiger charge is 2.79. The Morgan fingerprint density at radius 1 is 0.858 bits per heavy atom. The molecule has 4 aromatic rings. The van der Waals surface area contributed by atoms with Crippen LogP contribution in [0.2, 0.25) is 0 Å². The number of rotatable bonds is 39. The maximum atomic E-state index is 15.7. The second-order valence-corrected chi connectivity index (χ2v) is 40.9. The molecule has 1 spiro atoms. The number of piperidine rings is 1. The van der Waals surface area contributed by atoms with E-state index in [1.54, 1.807) is 37.9 Å². The minimum atomic E-state index is -2.62. The molecule has 9 aliphatic heterocycles. The van der Waals surface area contributed by atoms with E-state index in [4.69, 9.17) is 35.8 Å². The lowest BCUT2D eigenvalue weighted by atomic mass is 9.47. The smallest absolute Gasteiger partial charge is 0.404 e. The molecule has 134 heavy (non-hydrogen) atoms. The number of ether oxygens (including phenoxy) is 4. The third-order valence-corrected chi connectivity index (χ3v) is 33.1. The van der Waals surface area contributed by atoms with Gasteiger partial charge in [-0.2, -0.15) is 5.10 Å². The highest BCUT2D eigenvalue weighted by molar-refractivity contribution is 8.76. The number of piperazine rings is 1. The summed E-state index contributed by atoms with van der Waals surface area (Å²) in [6, 6.07) is 12.4. The van der Waals surface area contributed by atoms with Crippen molar-refractivity contribution in [2.45, 2.75) is 187 Å². The van der Waals surface area contributed by atoms with Crippen molar-refractivity contribution in [3.63, 3.8) is 0 Å². The summed E-state index contributed by atoms with van der Waals surface area (Å²) in [6.45, 7) is 11.0. The van der Waals surface area contributed by atoms with E-state index >= 15 is 9.59 Å². The molecule has 39 nitrogen and oxygen atoms in total. The summed E-state index contributed by atoms with van der Waals surface area (Å²) in [6.07, 6.45) is 1.21. The molecule has 11 aliphatic rings. The quantitative estimate of drug-likeness (QED) is 0.00290. The van der Waals surface area contributed by atoms with Gasteiger partial charge in [0, 0.05) is 177 Å². The highest BCUT2D eigenvalue weighted by atomic mass is 33.1. The molecule has 2 bridgehead atoms. The highest BCUT2D eigenvalue weighted by Crippen LogP contribution is 2.68. The fraction of sp³-hybridized carbons (Fsp3) is 0.554. The van der Waals surface area contributed by atoms with Crippen LogP contribution in [0, 0.1) is 34.5 Å². The van der Waals surface area contributed by atoms with E-state index in [9.17, 15) is 78.3 Å². The number of aliphatic hydroxyl groups is 3. The van der Waals surface area contributed by atoms with E-state index in [1.807, 2.05) is 67.3 Å². The molecule has 42 heteroatoms. The molecule has 3 aromatic carbocycles. The minimum Gasteiger partial charge on any atom is -0.496 e. The van der Waals surface area contributed by atoms with Crippen LogP contribution in [0.5, 0.6) is 5.75 Å². The normalized spacial score (nSPS) is 29.4. The maximum Gasteiger partial charge on any atom is 0.404 e. The lowest BCUT2D eigenvalue weighted by molar-refractivity contribution is -0.203. The van der Waals surface area contributed by atoms with Crippen LogP contribution >= 0.6 is 33.3 Å². The number of aromatic amines is 1. The third kappa shape index (κ3) is 17.2. The molecule has 5 saturated heterocycles. The summed E-state index contributed by atoms with van der Waals surface area (Å²) >= 11 is 0.752. The van der Waals surface area contributed by atoms with Crippen LogP contribution in [0.15, 0.2) is 100 Å². The van der Waals surface area contributed by atoms with Gasteiger partial charge < -0.3 is 103 Å². The van der Waals surface area contributed by atoms with Gasteiger partial charge in [-0.15, -0.1) is 11.8 Å². The number of hydrazone groups is 1. The summed E-state index contributed by atoms with van der Waals surface area (Å²) in [4.78, 5) is 194. The number of nitrogens with two attached hydrogens (primary N) is 2. The number of Topliss-reactive ketones (excluding diaryl/α,β-unsaturated/α-hetero) is 3. The van der Waals surface area contributed by atoms with Crippen LogP contribution in [0.1, 0.15) is 133 Å².